The van der Waals surface area contributed by atoms with Crippen molar-refractivity contribution in [1.29, 1.82) is 0 Å². The van der Waals surface area contributed by atoms with Gasteiger partial charge in [-0.1, -0.05) is 31.4 Å². The van der Waals surface area contributed by atoms with Crippen molar-refractivity contribution in [2.45, 2.75) is 58.0 Å². The predicted molar refractivity (Wildman–Crippen MR) is 146 cm³/mol. The molecule has 9 heteroatoms. The second-order valence-electron chi connectivity index (χ2n) is 10.7. The van der Waals surface area contributed by atoms with Crippen molar-refractivity contribution in [3.63, 3.8) is 0 Å². The van der Waals surface area contributed by atoms with Gasteiger partial charge in [0.25, 0.3) is 5.56 Å². The largest absolute Gasteiger partial charge is 0.367 e. The Morgan fingerprint density at radius 1 is 0.974 bits per heavy atom. The van der Waals surface area contributed by atoms with Crippen LogP contribution in [0.5, 0.6) is 0 Å². The van der Waals surface area contributed by atoms with Gasteiger partial charge in [0.2, 0.25) is 0 Å². The monoisotopic (exact) mass is 515 g/mol. The minimum Gasteiger partial charge on any atom is -0.367 e. The zero-order valence-corrected chi connectivity index (χ0v) is 22.0. The lowest BCUT2D eigenvalue weighted by Crippen LogP contribution is -2.49. The fourth-order valence-corrected chi connectivity index (χ4v) is 6.09. The summed E-state index contributed by atoms with van der Waals surface area (Å²) in [5.74, 6) is 0.500. The van der Waals surface area contributed by atoms with Crippen LogP contribution in [-0.2, 0) is 0 Å². The maximum atomic E-state index is 14.5. The van der Waals surface area contributed by atoms with E-state index in [1.54, 1.807) is 6.07 Å². The second-order valence-corrected chi connectivity index (χ2v) is 10.7. The van der Waals surface area contributed by atoms with Gasteiger partial charge in [-0.25, -0.2) is 9.07 Å². The molecule has 8 nitrogen and oxygen atoms in total. The van der Waals surface area contributed by atoms with Crippen molar-refractivity contribution in [1.82, 2.24) is 30.1 Å². The highest BCUT2D eigenvalue weighted by Crippen LogP contribution is 2.34. The van der Waals surface area contributed by atoms with Gasteiger partial charge in [0, 0.05) is 37.3 Å². The third kappa shape index (κ3) is 4.60. The molecule has 3 heterocycles. The van der Waals surface area contributed by atoms with Crippen LogP contribution < -0.4 is 10.5 Å². The maximum absolute atomic E-state index is 14.5. The number of nitrogens with zero attached hydrogens (tertiary/aromatic N) is 6. The average molecular weight is 516 g/mol. The summed E-state index contributed by atoms with van der Waals surface area (Å²) in [7, 11) is 0. The van der Waals surface area contributed by atoms with Crippen molar-refractivity contribution < 1.29 is 4.39 Å². The Kier molecular flexibility index (Phi) is 6.69. The van der Waals surface area contributed by atoms with Crippen LogP contribution in [0.25, 0.3) is 10.9 Å². The number of rotatable bonds is 5. The zero-order valence-electron chi connectivity index (χ0n) is 22.0. The number of halogens is 1. The maximum Gasteiger partial charge on any atom is 0.253 e. The quantitative estimate of drug-likeness (QED) is 0.415. The fourth-order valence-electron chi connectivity index (χ4n) is 6.09. The molecule has 6 rings (SSSR count). The van der Waals surface area contributed by atoms with Crippen LogP contribution in [0.3, 0.4) is 0 Å². The molecule has 4 aromatic rings. The molecule has 2 fully saturated rings. The zero-order chi connectivity index (χ0) is 26.2. The number of tetrazole rings is 1. The van der Waals surface area contributed by atoms with Gasteiger partial charge in [0.15, 0.2) is 5.82 Å². The number of H-pyrrole nitrogens is 1. The SMILES string of the molecule is Cc1cc2cc(C(c3nnnn3C3CCCCC3)N3CCN(c4ccccc4F)CC3)c(=O)[nH]c2cc1C. The third-order valence-electron chi connectivity index (χ3n) is 8.34. The molecule has 0 spiro atoms. The first kappa shape index (κ1) is 24.7. The highest BCUT2D eigenvalue weighted by Gasteiger charge is 2.34. The Hall–Kier alpha value is -3.59. The standard InChI is InChI=1S/C29H34FN7O/c1-19-16-21-18-23(29(38)31-25(21)17-20(19)2)27(28-32-33-34-37(28)22-8-4-3-5-9-22)36-14-12-35(13-15-36)26-11-7-6-10-24(26)30/h6-7,10-11,16-18,22,27H,3-5,8-9,12-15H2,1-2H3,(H,31,38). The van der Waals surface area contributed by atoms with Gasteiger partial charge in [-0.15, -0.1) is 5.10 Å². The van der Waals surface area contributed by atoms with Crippen LogP contribution in [0.2, 0.25) is 0 Å². The molecule has 1 N–H and O–H groups in total. The molecule has 1 unspecified atom stereocenters. The van der Waals surface area contributed by atoms with Gasteiger partial charge in [0.05, 0.1) is 11.7 Å². The van der Waals surface area contributed by atoms with Crippen molar-refractivity contribution in [3.05, 3.63) is 81.2 Å². The number of aromatic amines is 1. The molecule has 198 valence electrons. The molecule has 2 aromatic heterocycles. The number of nitrogens with one attached hydrogen (secondary N) is 1. The van der Waals surface area contributed by atoms with E-state index in [0.717, 1.165) is 42.1 Å². The molecule has 2 aliphatic rings. The first-order chi connectivity index (χ1) is 18.5. The summed E-state index contributed by atoms with van der Waals surface area (Å²) in [6.07, 6.45) is 5.63. The number of benzene rings is 2. The van der Waals surface area contributed by atoms with E-state index in [0.29, 0.717) is 43.3 Å². The third-order valence-corrected chi connectivity index (χ3v) is 8.34. The van der Waals surface area contributed by atoms with E-state index < -0.39 is 6.04 Å². The van der Waals surface area contributed by atoms with E-state index in [9.17, 15) is 9.18 Å². The number of fused-ring (bicyclic) bond motifs is 1. The number of hydrogen-bond donors (Lipinski definition) is 1. The first-order valence-electron chi connectivity index (χ1n) is 13.6. The summed E-state index contributed by atoms with van der Waals surface area (Å²) in [5.41, 5.74) is 4.29. The van der Waals surface area contributed by atoms with E-state index in [1.807, 2.05) is 28.9 Å². The van der Waals surface area contributed by atoms with Crippen molar-refractivity contribution >= 4 is 16.6 Å². The van der Waals surface area contributed by atoms with Gasteiger partial charge < -0.3 is 9.88 Å². The van der Waals surface area contributed by atoms with Crippen LogP contribution in [0.4, 0.5) is 10.1 Å². The van der Waals surface area contributed by atoms with E-state index in [1.165, 1.54) is 18.1 Å². The average Bonchev–Trinajstić information content (AvgIpc) is 3.41. The van der Waals surface area contributed by atoms with Gasteiger partial charge in [0.1, 0.15) is 11.9 Å². The molecule has 0 bridgehead atoms. The topological polar surface area (TPSA) is 82.9 Å². The van der Waals surface area contributed by atoms with E-state index in [4.69, 9.17) is 0 Å². The van der Waals surface area contributed by atoms with E-state index in [2.05, 4.69) is 50.2 Å². The lowest BCUT2D eigenvalue weighted by Gasteiger charge is -2.40. The lowest BCUT2D eigenvalue weighted by molar-refractivity contribution is 0.192. The van der Waals surface area contributed by atoms with Gasteiger partial charge in [-0.2, -0.15) is 0 Å². The number of hydrogen-bond acceptors (Lipinski definition) is 6. The van der Waals surface area contributed by atoms with Crippen LogP contribution >= 0.6 is 0 Å². The Morgan fingerprint density at radius 2 is 1.71 bits per heavy atom. The molecule has 1 saturated carbocycles. The Bertz CT molecular complexity index is 1500. The molecule has 0 amide bonds. The normalized spacial score (nSPS) is 18.2. The predicted octanol–water partition coefficient (Wildman–Crippen LogP) is 4.69. The van der Waals surface area contributed by atoms with Crippen LogP contribution in [0, 0.1) is 19.7 Å². The number of para-hydroxylation sites is 1. The van der Waals surface area contributed by atoms with Crippen LogP contribution in [-0.4, -0.2) is 56.3 Å². The molecule has 1 aliphatic carbocycles. The molecular weight excluding hydrogens is 481 g/mol. The second kappa shape index (κ2) is 10.3. The summed E-state index contributed by atoms with van der Waals surface area (Å²) >= 11 is 0. The van der Waals surface area contributed by atoms with Crippen LogP contribution in [0.15, 0.2) is 47.3 Å². The van der Waals surface area contributed by atoms with E-state index in [-0.39, 0.29) is 17.4 Å². The number of anilines is 1. The number of aryl methyl sites for hydroxylation is 2. The number of aromatic nitrogens is 5. The molecule has 1 aliphatic heterocycles. The van der Waals surface area contributed by atoms with Gasteiger partial charge >= 0.3 is 0 Å². The molecule has 1 atom stereocenters. The minimum absolute atomic E-state index is 0.125. The highest BCUT2D eigenvalue weighted by atomic mass is 19.1. The Labute approximate surface area is 221 Å². The summed E-state index contributed by atoms with van der Waals surface area (Å²) in [4.78, 5) is 21.1. The lowest BCUT2D eigenvalue weighted by atomic mass is 9.95. The number of pyridine rings is 1. The van der Waals surface area contributed by atoms with E-state index >= 15 is 0 Å². The summed E-state index contributed by atoms with van der Waals surface area (Å²) in [5, 5.41) is 14.0. The van der Waals surface area contributed by atoms with Gasteiger partial charge in [-0.3, -0.25) is 9.69 Å². The molecule has 38 heavy (non-hydrogen) atoms. The molecule has 2 aromatic carbocycles. The van der Waals surface area contributed by atoms with Gasteiger partial charge in [-0.05, 0) is 84.0 Å². The highest BCUT2D eigenvalue weighted by molar-refractivity contribution is 5.81. The minimum atomic E-state index is -0.399. The van der Waals surface area contributed by atoms with Crippen molar-refractivity contribution in [2.75, 3.05) is 31.1 Å². The number of piperazine rings is 1. The Balaban J connectivity index is 1.40. The summed E-state index contributed by atoms with van der Waals surface area (Å²) in [6.45, 7) is 6.74. The van der Waals surface area contributed by atoms with Crippen molar-refractivity contribution in [3.8, 4) is 0 Å². The molecule has 0 radical (unpaired) electrons. The summed E-state index contributed by atoms with van der Waals surface area (Å²) < 4.78 is 16.5. The smallest absolute Gasteiger partial charge is 0.253 e. The Morgan fingerprint density at radius 3 is 2.47 bits per heavy atom. The fraction of sp³-hybridized carbons (Fsp3) is 0.448. The summed E-state index contributed by atoms with van der Waals surface area (Å²) in [6, 6.07) is 12.9. The molecular formula is C29H34FN7O. The van der Waals surface area contributed by atoms with Crippen LogP contribution in [0.1, 0.15) is 66.7 Å². The van der Waals surface area contributed by atoms with Crippen molar-refractivity contribution in [2.24, 2.45) is 0 Å². The molecule has 1 saturated heterocycles. The first-order valence-corrected chi connectivity index (χ1v) is 13.6.